The van der Waals surface area contributed by atoms with Gasteiger partial charge in [-0.25, -0.2) is 14.6 Å². The second-order valence-electron chi connectivity index (χ2n) is 9.99. The van der Waals surface area contributed by atoms with Gasteiger partial charge in [0.25, 0.3) is 5.78 Å². The van der Waals surface area contributed by atoms with Gasteiger partial charge in [0.05, 0.1) is 37.1 Å². The number of aryl methyl sites for hydroxylation is 2. The molecule has 1 unspecified atom stereocenters. The molecule has 5 rings (SSSR count). The van der Waals surface area contributed by atoms with E-state index in [-0.39, 0.29) is 26.7 Å². The van der Waals surface area contributed by atoms with Gasteiger partial charge < -0.3 is 19.3 Å². The van der Waals surface area contributed by atoms with Crippen LogP contribution in [-0.4, -0.2) is 47.9 Å². The van der Waals surface area contributed by atoms with Crippen LogP contribution in [0.5, 0.6) is 5.75 Å². The molecule has 1 N–H and O–H groups in total. The van der Waals surface area contributed by atoms with E-state index in [1.165, 1.54) is 26.4 Å². The van der Waals surface area contributed by atoms with E-state index >= 15 is 0 Å². The van der Waals surface area contributed by atoms with E-state index in [0.29, 0.717) is 23.6 Å². The SMILES string of the molecule is COC(=O)c1ccc(C2C(=C(O)c3ccc(OCc4cccc(C)c4)cc3)C(=O)C(=O)N2c2nc(C)c(C(=O)OC)s2)cc1. The summed E-state index contributed by atoms with van der Waals surface area (Å²) in [6.45, 7) is 3.94. The number of esters is 2. The number of thiazole rings is 1. The molecule has 44 heavy (non-hydrogen) atoms. The molecule has 1 amide bonds. The number of rotatable bonds is 8. The Morgan fingerprint density at radius 3 is 2.20 bits per heavy atom. The highest BCUT2D eigenvalue weighted by molar-refractivity contribution is 7.17. The van der Waals surface area contributed by atoms with Crippen molar-refractivity contribution in [3.8, 4) is 5.75 Å². The minimum Gasteiger partial charge on any atom is -0.507 e. The smallest absolute Gasteiger partial charge is 0.350 e. The van der Waals surface area contributed by atoms with E-state index < -0.39 is 35.4 Å². The Morgan fingerprint density at radius 2 is 1.57 bits per heavy atom. The largest absolute Gasteiger partial charge is 0.507 e. The van der Waals surface area contributed by atoms with Crippen molar-refractivity contribution in [1.29, 1.82) is 0 Å². The first-order chi connectivity index (χ1) is 21.1. The Labute approximate surface area is 257 Å². The summed E-state index contributed by atoms with van der Waals surface area (Å²) in [5.41, 5.74) is 3.22. The fraction of sp³-hybridized carbons (Fsp3) is 0.182. The number of aliphatic hydroxyl groups is 1. The van der Waals surface area contributed by atoms with E-state index in [4.69, 9.17) is 14.2 Å². The van der Waals surface area contributed by atoms with Crippen molar-refractivity contribution in [2.24, 2.45) is 0 Å². The van der Waals surface area contributed by atoms with Gasteiger partial charge >= 0.3 is 17.8 Å². The van der Waals surface area contributed by atoms with Crippen LogP contribution in [0.2, 0.25) is 0 Å². The van der Waals surface area contributed by atoms with Gasteiger partial charge in [-0.2, -0.15) is 0 Å². The number of ketones is 1. The number of nitrogens with zero attached hydrogens (tertiary/aromatic N) is 2. The molecule has 1 saturated heterocycles. The second-order valence-corrected chi connectivity index (χ2v) is 11.0. The zero-order valence-electron chi connectivity index (χ0n) is 24.3. The lowest BCUT2D eigenvalue weighted by Crippen LogP contribution is -2.29. The van der Waals surface area contributed by atoms with Gasteiger partial charge in [0.15, 0.2) is 5.13 Å². The Hall–Kier alpha value is -5.29. The van der Waals surface area contributed by atoms with Crippen LogP contribution < -0.4 is 9.64 Å². The summed E-state index contributed by atoms with van der Waals surface area (Å²) in [7, 11) is 2.49. The average molecular weight is 613 g/mol. The van der Waals surface area contributed by atoms with Gasteiger partial charge in [-0.1, -0.05) is 53.3 Å². The minimum absolute atomic E-state index is 0.0750. The molecule has 0 radical (unpaired) electrons. The van der Waals surface area contributed by atoms with Crippen LogP contribution in [0, 0.1) is 13.8 Å². The van der Waals surface area contributed by atoms with Crippen LogP contribution in [0.1, 0.15) is 54.0 Å². The molecule has 0 aliphatic carbocycles. The van der Waals surface area contributed by atoms with E-state index in [9.17, 15) is 24.3 Å². The molecule has 4 aromatic rings. The molecule has 0 bridgehead atoms. The summed E-state index contributed by atoms with van der Waals surface area (Å²) in [5.74, 6) is -2.92. The Kier molecular flexibility index (Phi) is 8.59. The van der Waals surface area contributed by atoms with Crippen LogP contribution >= 0.6 is 11.3 Å². The molecular formula is C33H28N2O8S. The zero-order valence-corrected chi connectivity index (χ0v) is 25.1. The normalized spacial score (nSPS) is 15.7. The number of hydrogen-bond donors (Lipinski definition) is 1. The molecular weight excluding hydrogens is 584 g/mol. The number of aromatic nitrogens is 1. The average Bonchev–Trinajstić information content (AvgIpc) is 3.55. The fourth-order valence-electron chi connectivity index (χ4n) is 4.86. The van der Waals surface area contributed by atoms with Gasteiger partial charge in [0.2, 0.25) is 0 Å². The summed E-state index contributed by atoms with van der Waals surface area (Å²) >= 11 is 0.894. The van der Waals surface area contributed by atoms with Crippen LogP contribution in [0.3, 0.4) is 0 Å². The molecule has 1 fully saturated rings. The highest BCUT2D eigenvalue weighted by Gasteiger charge is 2.48. The fourth-order valence-corrected chi connectivity index (χ4v) is 5.88. The summed E-state index contributed by atoms with van der Waals surface area (Å²) in [5, 5.41) is 11.6. The lowest BCUT2D eigenvalue weighted by atomic mass is 9.94. The van der Waals surface area contributed by atoms with Crippen molar-refractivity contribution < 1.29 is 38.5 Å². The molecule has 11 heteroatoms. The molecule has 0 saturated carbocycles. The van der Waals surface area contributed by atoms with Gasteiger partial charge in [0, 0.05) is 5.56 Å². The van der Waals surface area contributed by atoms with Crippen molar-refractivity contribution in [2.75, 3.05) is 19.1 Å². The summed E-state index contributed by atoms with van der Waals surface area (Å²) in [4.78, 5) is 57.1. The van der Waals surface area contributed by atoms with Crippen LogP contribution in [0.15, 0.2) is 78.4 Å². The second kappa shape index (κ2) is 12.5. The predicted molar refractivity (Wildman–Crippen MR) is 163 cm³/mol. The van der Waals surface area contributed by atoms with Gasteiger partial charge in [0.1, 0.15) is 23.0 Å². The number of aliphatic hydroxyl groups excluding tert-OH is 1. The van der Waals surface area contributed by atoms with E-state index in [1.54, 1.807) is 43.3 Å². The molecule has 0 spiro atoms. The van der Waals surface area contributed by atoms with E-state index in [2.05, 4.69) is 4.98 Å². The van der Waals surface area contributed by atoms with Gasteiger partial charge in [-0.05, 0) is 61.4 Å². The van der Waals surface area contributed by atoms with Crippen molar-refractivity contribution in [3.63, 3.8) is 0 Å². The number of anilines is 1. The van der Waals surface area contributed by atoms with Crippen molar-refractivity contribution >= 4 is 45.9 Å². The minimum atomic E-state index is -1.12. The molecule has 1 atom stereocenters. The first-order valence-electron chi connectivity index (χ1n) is 13.5. The zero-order chi connectivity index (χ0) is 31.5. The van der Waals surface area contributed by atoms with Crippen LogP contribution in [-0.2, 0) is 25.7 Å². The monoisotopic (exact) mass is 612 g/mol. The molecule has 1 aliphatic rings. The molecule has 10 nitrogen and oxygen atoms in total. The van der Waals surface area contributed by atoms with Crippen molar-refractivity contribution in [3.05, 3.63) is 117 Å². The molecule has 224 valence electrons. The third-order valence-corrected chi connectivity index (χ3v) is 8.21. The Morgan fingerprint density at radius 1 is 0.909 bits per heavy atom. The number of amides is 1. The number of carbonyl (C=O) groups excluding carboxylic acids is 4. The number of Topliss-reactive ketones (excluding diaryl/α,β-unsaturated/α-hetero) is 1. The number of carbonyl (C=O) groups is 4. The lowest BCUT2D eigenvalue weighted by Gasteiger charge is -2.23. The third-order valence-electron chi connectivity index (χ3n) is 7.07. The highest BCUT2D eigenvalue weighted by Crippen LogP contribution is 2.44. The van der Waals surface area contributed by atoms with Gasteiger partial charge in [-0.15, -0.1) is 0 Å². The van der Waals surface area contributed by atoms with E-state index in [1.807, 2.05) is 31.2 Å². The quantitative estimate of drug-likeness (QED) is 0.118. The third kappa shape index (κ3) is 5.82. The Balaban J connectivity index is 1.54. The lowest BCUT2D eigenvalue weighted by molar-refractivity contribution is -0.132. The van der Waals surface area contributed by atoms with E-state index in [0.717, 1.165) is 27.4 Å². The van der Waals surface area contributed by atoms with Crippen LogP contribution in [0.25, 0.3) is 5.76 Å². The first kappa shape index (κ1) is 30.2. The van der Waals surface area contributed by atoms with Gasteiger partial charge in [-0.3, -0.25) is 14.5 Å². The topological polar surface area (TPSA) is 132 Å². The highest BCUT2D eigenvalue weighted by atomic mass is 32.1. The summed E-state index contributed by atoms with van der Waals surface area (Å²) in [6.07, 6.45) is 0. The molecule has 2 heterocycles. The van der Waals surface area contributed by atoms with Crippen molar-refractivity contribution in [2.45, 2.75) is 26.5 Å². The number of hydrogen-bond acceptors (Lipinski definition) is 10. The number of benzene rings is 3. The summed E-state index contributed by atoms with van der Waals surface area (Å²) in [6, 6.07) is 19.4. The van der Waals surface area contributed by atoms with Crippen molar-refractivity contribution in [1.82, 2.24) is 4.98 Å². The first-order valence-corrected chi connectivity index (χ1v) is 14.3. The maximum atomic E-state index is 13.5. The molecule has 3 aromatic carbocycles. The maximum Gasteiger partial charge on any atom is 0.350 e. The molecule has 1 aromatic heterocycles. The maximum absolute atomic E-state index is 13.5. The predicted octanol–water partition coefficient (Wildman–Crippen LogP) is 5.54. The summed E-state index contributed by atoms with van der Waals surface area (Å²) < 4.78 is 15.5. The molecule has 1 aliphatic heterocycles. The van der Waals surface area contributed by atoms with Crippen LogP contribution in [0.4, 0.5) is 5.13 Å². The number of methoxy groups -OCH3 is 2. The standard InChI is InChI=1S/C33H28N2O8S/c1-18-6-5-7-20(16-18)17-43-24-14-12-22(13-15-24)27(36)25-26(21-8-10-23(11-9-21)31(39)41-3)35(30(38)28(25)37)33-34-19(2)29(44-33)32(40)42-4/h5-16,26,36H,17H2,1-4H3. The Bertz CT molecular complexity index is 1790. The number of ether oxygens (including phenoxy) is 3.